The van der Waals surface area contributed by atoms with Crippen LogP contribution in [0.5, 0.6) is 0 Å². The topological polar surface area (TPSA) is 126 Å². The Kier molecular flexibility index (Phi) is 16.9. The summed E-state index contributed by atoms with van der Waals surface area (Å²) in [6.45, 7) is 3.90. The number of halogens is 1. The SMILES string of the molecule is Cc1ccc(S(=O)(=O)n2c3ccccc3c3cc(-n4c5ccccc5c5cc(-n6c7ccccc7c7ccccc76)ccc54)ccc32)cc1.Cc1ccc(S(=O)(=O)n2c3ccccc3c3cc(Br)ccc32)cc1.[Cu].[O]=[Cu].c1ccc2c(c1)[nH]c1ccc(-n3c4ccccc4c4ccccc43)cc12. The molecule has 0 amide bonds. The Hall–Kier alpha value is -10.9. The van der Waals surface area contributed by atoms with Gasteiger partial charge in [0.25, 0.3) is 20.0 Å². The van der Waals surface area contributed by atoms with Crippen LogP contribution in [0.25, 0.3) is 148 Å². The summed E-state index contributed by atoms with van der Waals surface area (Å²) in [5.41, 5.74) is 17.4. The van der Waals surface area contributed by atoms with Crippen molar-refractivity contribution in [3.8, 4) is 17.1 Å². The summed E-state index contributed by atoms with van der Waals surface area (Å²) in [5, 5.41) is 13.5. The van der Waals surface area contributed by atoms with Crippen molar-refractivity contribution >= 4 is 167 Å². The number of aromatic amines is 1. The third kappa shape index (κ3) is 10.8. The molecular weight excluding hydrogens is 1470 g/mol. The third-order valence-electron chi connectivity index (χ3n) is 19.4. The Morgan fingerprint density at radius 3 is 0.951 bits per heavy atom. The Bertz CT molecular complexity index is 6870. The summed E-state index contributed by atoms with van der Waals surface area (Å²) in [6, 6.07) is 106. The van der Waals surface area contributed by atoms with Gasteiger partial charge in [-0.15, -0.1) is 0 Å². The molecule has 20 aromatic rings. The van der Waals surface area contributed by atoms with Crippen molar-refractivity contribution in [3.05, 3.63) is 331 Å². The number of para-hydroxylation sites is 8. The first-order valence-corrected chi connectivity index (χ1v) is 36.9. The molecule has 1 radical (unpaired) electrons. The average Bonchev–Trinajstić information content (AvgIpc) is 1.58. The molecule has 0 aliphatic rings. The number of nitrogens with one attached hydrogen (secondary N) is 1. The van der Waals surface area contributed by atoms with Crippen molar-refractivity contribution in [2.45, 2.75) is 23.6 Å². The number of aryl methyl sites for hydroxylation is 2. The van der Waals surface area contributed by atoms with E-state index in [0.29, 0.717) is 27.0 Å². The Balaban J connectivity index is 0.000000128. The van der Waals surface area contributed by atoms with E-state index in [1.54, 1.807) is 24.3 Å². The number of nitrogens with zero attached hydrogens (tertiary/aromatic N) is 5. The van der Waals surface area contributed by atoms with E-state index in [4.69, 9.17) is 3.83 Å². The molecule has 6 aromatic heterocycles. The van der Waals surface area contributed by atoms with Gasteiger partial charge in [-0.25, -0.2) is 24.8 Å². The van der Waals surface area contributed by atoms with Crippen LogP contribution in [0.3, 0.4) is 0 Å². The number of hydrogen-bond donors (Lipinski definition) is 1. The molecule has 14 aromatic carbocycles. The summed E-state index contributed by atoms with van der Waals surface area (Å²) < 4.78 is 73.5. The van der Waals surface area contributed by atoms with Gasteiger partial charge in [-0.2, -0.15) is 0 Å². The minimum atomic E-state index is -3.85. The minimum Gasteiger partial charge on any atom is -0.355 e. The monoisotopic (exact) mass is 1520 g/mol. The van der Waals surface area contributed by atoms with Crippen LogP contribution in [0, 0.1) is 13.8 Å². The van der Waals surface area contributed by atoms with Gasteiger partial charge in [0.2, 0.25) is 0 Å². The van der Waals surface area contributed by atoms with Gasteiger partial charge in [-0.05, 0) is 159 Å². The van der Waals surface area contributed by atoms with Gasteiger partial charge in [0, 0.05) is 114 Å². The fourth-order valence-corrected chi connectivity index (χ4v) is 18.3. The van der Waals surface area contributed by atoms with Crippen molar-refractivity contribution in [1.29, 1.82) is 0 Å². The van der Waals surface area contributed by atoms with E-state index in [0.717, 1.165) is 70.3 Å². The van der Waals surface area contributed by atoms with Gasteiger partial charge in [0.1, 0.15) is 0 Å². The fourth-order valence-electron chi connectivity index (χ4n) is 14.9. The number of benzene rings is 14. The summed E-state index contributed by atoms with van der Waals surface area (Å²) in [4.78, 5) is 4.08. The van der Waals surface area contributed by atoms with E-state index in [2.05, 4.69) is 239 Å². The van der Waals surface area contributed by atoms with E-state index in [-0.39, 0.29) is 22.0 Å². The average molecular weight is 1530 g/mol. The molecule has 11 nitrogen and oxygen atoms in total. The third-order valence-corrected chi connectivity index (χ3v) is 23.4. The maximum absolute atomic E-state index is 14.1. The number of aromatic nitrogens is 6. The van der Waals surface area contributed by atoms with Crippen LogP contribution in [0.4, 0.5) is 0 Å². The van der Waals surface area contributed by atoms with E-state index in [1.807, 2.05) is 117 Å². The second kappa shape index (κ2) is 26.2. The molecule has 20 rings (SSSR count). The van der Waals surface area contributed by atoms with Crippen LogP contribution in [0.15, 0.2) is 330 Å². The Labute approximate surface area is 613 Å². The van der Waals surface area contributed by atoms with Crippen LogP contribution in [-0.4, -0.2) is 43.5 Å². The quantitative estimate of drug-likeness (QED) is 0.159. The van der Waals surface area contributed by atoms with Crippen molar-refractivity contribution < 1.29 is 53.7 Å². The zero-order chi connectivity index (χ0) is 68.8. The molecule has 0 aliphatic heterocycles. The number of rotatable bonds is 7. The molecule has 0 saturated heterocycles. The van der Waals surface area contributed by atoms with Crippen molar-refractivity contribution in [2.75, 3.05) is 0 Å². The van der Waals surface area contributed by atoms with E-state index in [1.165, 1.54) is 79.0 Å². The molecule has 102 heavy (non-hydrogen) atoms. The van der Waals surface area contributed by atoms with Crippen LogP contribution < -0.4 is 0 Å². The fraction of sp³-hybridized carbons (Fsp3) is 0.0233. The summed E-state index contributed by atoms with van der Waals surface area (Å²) in [5.74, 6) is 0. The van der Waals surface area contributed by atoms with Crippen molar-refractivity contribution in [2.24, 2.45) is 0 Å². The van der Waals surface area contributed by atoms with Crippen LogP contribution >= 0.6 is 15.9 Å². The van der Waals surface area contributed by atoms with Crippen molar-refractivity contribution in [3.63, 3.8) is 0 Å². The molecule has 0 aliphatic carbocycles. The maximum Gasteiger partial charge on any atom is 0.0541 e. The summed E-state index contributed by atoms with van der Waals surface area (Å²) >= 11 is 6.41. The van der Waals surface area contributed by atoms with Crippen LogP contribution in [-0.2, 0) is 56.9 Å². The molecular formula is C86H59BrCu2N6O5S2. The van der Waals surface area contributed by atoms with Gasteiger partial charge >= 0.3 is 19.8 Å². The minimum absolute atomic E-state index is 0. The van der Waals surface area contributed by atoms with E-state index in [9.17, 15) is 16.8 Å². The van der Waals surface area contributed by atoms with Crippen LogP contribution in [0.1, 0.15) is 11.1 Å². The summed E-state index contributed by atoms with van der Waals surface area (Å²) in [7, 11) is -7.53. The van der Waals surface area contributed by atoms with Gasteiger partial charge in [-0.1, -0.05) is 197 Å². The normalized spacial score (nSPS) is 11.9. The van der Waals surface area contributed by atoms with E-state index >= 15 is 0 Å². The molecule has 0 atom stereocenters. The molecule has 0 spiro atoms. The molecule has 504 valence electrons. The van der Waals surface area contributed by atoms with Crippen LogP contribution in [0.2, 0.25) is 0 Å². The second-order valence-electron chi connectivity index (χ2n) is 25.3. The zero-order valence-electron chi connectivity index (χ0n) is 54.6. The molecule has 1 N–H and O–H groups in total. The number of fused-ring (bicyclic) bond motifs is 18. The zero-order valence-corrected chi connectivity index (χ0v) is 59.7. The van der Waals surface area contributed by atoms with Gasteiger partial charge in [0.05, 0.1) is 65.0 Å². The second-order valence-corrected chi connectivity index (χ2v) is 29.7. The number of hydrogen-bond acceptors (Lipinski definition) is 5. The molecule has 16 heteroatoms. The van der Waals surface area contributed by atoms with Crippen molar-refractivity contribution in [1.82, 2.24) is 26.6 Å². The van der Waals surface area contributed by atoms with E-state index < -0.39 is 20.0 Å². The number of H-pyrrole nitrogens is 1. The summed E-state index contributed by atoms with van der Waals surface area (Å²) in [6.07, 6.45) is 0. The Morgan fingerprint density at radius 1 is 0.275 bits per heavy atom. The standard InChI is InChI=1S/C43H29N3O2S.C24H16N2.C19H14BrNO2S.2Cu.O/c1-28-18-22-31(23-19-28)49(47,48)46-42-17-9-5-13-35(42)37-27-30(21-25-43(37)46)45-40-16-8-4-12-34(40)36-26-29(20-24-41(36)45)44-38-14-6-2-10-32(38)33-11-3-7-15-39(33)44;1-4-10-21-17(7-1)20-15-16(13-14-22(20)25-21)26-23-11-5-2-8-18(23)19-9-3-6-12-24(19)26;1-13-6-9-15(10-7-13)24(22,23)21-18-5-3-2-4-16(18)17-12-14(20)8-11-19(17)21;;;/h2-27H,1H3;1-15,25H;2-12H,1H3;;;. The molecule has 0 saturated carbocycles. The first-order chi connectivity index (χ1) is 49.4. The molecule has 0 fully saturated rings. The first-order valence-electron chi connectivity index (χ1n) is 32.9. The molecule has 0 bridgehead atoms. The smallest absolute Gasteiger partial charge is 0.0541 e. The first kappa shape index (κ1) is 65.7. The van der Waals surface area contributed by atoms with Gasteiger partial charge in [-0.3, -0.25) is 0 Å². The van der Waals surface area contributed by atoms with Gasteiger partial charge in [0.15, 0.2) is 0 Å². The maximum atomic E-state index is 14.1. The predicted octanol–water partition coefficient (Wildman–Crippen LogP) is 21.9. The predicted molar refractivity (Wildman–Crippen MR) is 414 cm³/mol. The molecule has 6 heterocycles. The van der Waals surface area contributed by atoms with Gasteiger partial charge < -0.3 is 18.7 Å². The largest absolute Gasteiger partial charge is 0.355 e. The Morgan fingerprint density at radius 2 is 0.539 bits per heavy atom. The molecule has 0 unspecified atom stereocenters.